The number of para-hydroxylation sites is 5. The van der Waals surface area contributed by atoms with Crippen molar-refractivity contribution in [3.8, 4) is 94.7 Å². The molecule has 7 aliphatic rings. The molecule has 0 unspecified atom stereocenters. The number of fused-ring (bicyclic) bond motifs is 46. The average Bonchev–Trinajstić information content (AvgIpc) is 1.48. The van der Waals surface area contributed by atoms with Crippen LogP contribution in [0.3, 0.4) is 0 Å². The van der Waals surface area contributed by atoms with Gasteiger partial charge >= 0.3 is 0 Å². The first kappa shape index (κ1) is 67.7. The van der Waals surface area contributed by atoms with Gasteiger partial charge < -0.3 is 22.7 Å². The fourth-order valence-corrected chi connectivity index (χ4v) is 25.8. The van der Waals surface area contributed by atoms with Crippen molar-refractivity contribution >= 4 is 105 Å². The van der Waals surface area contributed by atoms with Crippen LogP contribution in [0.4, 0.5) is 17.1 Å². The molecule has 124 heavy (non-hydrogen) atoms. The number of anilines is 3. The Morgan fingerprint density at radius 2 is 0.629 bits per heavy atom. The predicted molar refractivity (Wildman–Crippen MR) is 508 cm³/mol. The summed E-state index contributed by atoms with van der Waals surface area (Å²) in [5.41, 5.74) is 47.3. The molecule has 0 radical (unpaired) electrons. The summed E-state index contributed by atoms with van der Waals surface area (Å²) in [5, 5.41) is 9.28. The molecule has 0 saturated heterocycles. The highest BCUT2D eigenvalue weighted by Gasteiger charge is 2.58. The molecule has 0 N–H and O–H groups in total. The summed E-state index contributed by atoms with van der Waals surface area (Å²) in [6.07, 6.45) is 0. The van der Waals surface area contributed by atoms with Crippen LogP contribution in [0.1, 0.15) is 119 Å². The van der Waals surface area contributed by atoms with Crippen LogP contribution in [-0.2, 0) is 27.1 Å². The Balaban J connectivity index is 0.694. The summed E-state index contributed by atoms with van der Waals surface area (Å²) in [4.78, 5) is 2.63. The Morgan fingerprint density at radius 3 is 1.27 bits per heavy atom. The first-order valence-electron chi connectivity index (χ1n) is 43.8. The van der Waals surface area contributed by atoms with Crippen molar-refractivity contribution in [2.75, 3.05) is 4.90 Å². The summed E-state index contributed by atoms with van der Waals surface area (Å²) >= 11 is 0. The van der Waals surface area contributed by atoms with Crippen LogP contribution >= 0.6 is 0 Å². The lowest BCUT2D eigenvalue weighted by Gasteiger charge is -2.33. The molecule has 22 aromatic rings. The van der Waals surface area contributed by atoms with E-state index in [1.807, 2.05) is 0 Å². The van der Waals surface area contributed by atoms with E-state index in [-0.39, 0.29) is 5.41 Å². The van der Waals surface area contributed by atoms with Gasteiger partial charge in [0.1, 0.15) is 33.5 Å². The second-order valence-electron chi connectivity index (χ2n) is 37.4. The van der Waals surface area contributed by atoms with E-state index in [2.05, 4.69) is 403 Å². The summed E-state index contributed by atoms with van der Waals surface area (Å²) in [6, 6.07) is 134. The molecule has 4 heterocycles. The van der Waals surface area contributed by atoms with Crippen molar-refractivity contribution in [1.29, 1.82) is 0 Å². The molecule has 5 nitrogen and oxygen atoms in total. The summed E-state index contributed by atoms with van der Waals surface area (Å²) < 4.78 is 24.0. The molecular formula is C119H76N2O3. The van der Waals surface area contributed by atoms with Crippen molar-refractivity contribution in [2.24, 2.45) is 0 Å². The lowest BCUT2D eigenvalue weighted by molar-refractivity contribution is 0.600. The van der Waals surface area contributed by atoms with Crippen molar-refractivity contribution < 1.29 is 13.3 Å². The Bertz CT molecular complexity index is 8650. The SMILES string of the molecule is CC1(C)c2cc(N(c3ccc4c(c3)C(C)(C)c3c5c(c6oc7ccccc7c6c3-4)-c3ccccc3C5(C)C)c3ccc4c(c3)C3(c5ccccc5-c5ccccc53)c3cc5c(cc3-4)C3(c4ccccc4-c4ccccc43)c3ccc4oc6ccccc6c4c3-5)ccc2-c2c1cc(-c1cccc3c1c1ccccc1n3-c1ccccc1)c1oc3ccccc3c21. The number of hydrogen-bond acceptors (Lipinski definition) is 4. The fourth-order valence-electron chi connectivity index (χ4n) is 25.8. The predicted octanol–water partition coefficient (Wildman–Crippen LogP) is 31.2. The third-order valence-electron chi connectivity index (χ3n) is 30.7. The third kappa shape index (κ3) is 7.90. The minimum Gasteiger partial charge on any atom is -0.456 e. The molecule has 29 rings (SSSR count). The van der Waals surface area contributed by atoms with Gasteiger partial charge in [-0.2, -0.15) is 0 Å². The van der Waals surface area contributed by atoms with Crippen LogP contribution in [0.25, 0.3) is 182 Å². The smallest absolute Gasteiger partial charge is 0.144 e. The molecule has 0 bridgehead atoms. The summed E-state index contributed by atoms with van der Waals surface area (Å²) in [7, 11) is 0. The molecule has 0 amide bonds. The quantitative estimate of drug-likeness (QED) is 0.172. The number of furan rings is 3. The molecule has 2 spiro atoms. The van der Waals surface area contributed by atoms with Crippen molar-refractivity contribution in [2.45, 2.75) is 68.6 Å². The number of hydrogen-bond donors (Lipinski definition) is 0. The van der Waals surface area contributed by atoms with Crippen molar-refractivity contribution in [3.05, 3.63) is 430 Å². The van der Waals surface area contributed by atoms with Gasteiger partial charge in [-0.1, -0.05) is 290 Å². The van der Waals surface area contributed by atoms with Gasteiger partial charge in [-0.15, -0.1) is 0 Å². The normalized spacial score (nSPS) is 15.5. The zero-order valence-electron chi connectivity index (χ0n) is 69.1. The highest BCUT2D eigenvalue weighted by atomic mass is 16.3. The maximum Gasteiger partial charge on any atom is 0.144 e. The van der Waals surface area contributed by atoms with Gasteiger partial charge in [0.2, 0.25) is 0 Å². The van der Waals surface area contributed by atoms with Gasteiger partial charge in [0.05, 0.1) is 21.9 Å². The molecule has 4 aromatic heterocycles. The first-order valence-corrected chi connectivity index (χ1v) is 43.8. The van der Waals surface area contributed by atoms with E-state index in [1.165, 1.54) is 172 Å². The van der Waals surface area contributed by atoms with Crippen molar-refractivity contribution in [3.63, 3.8) is 0 Å². The second-order valence-corrected chi connectivity index (χ2v) is 37.4. The van der Waals surface area contributed by atoms with Crippen LogP contribution < -0.4 is 4.90 Å². The Morgan fingerprint density at radius 1 is 0.218 bits per heavy atom. The van der Waals surface area contributed by atoms with Crippen molar-refractivity contribution in [1.82, 2.24) is 4.57 Å². The minimum absolute atomic E-state index is 0.331. The van der Waals surface area contributed by atoms with Crippen LogP contribution in [0.5, 0.6) is 0 Å². The lowest BCUT2D eigenvalue weighted by atomic mass is 9.68. The Hall–Kier alpha value is -15.0. The van der Waals surface area contributed by atoms with Gasteiger partial charge in [0.25, 0.3) is 0 Å². The van der Waals surface area contributed by atoms with E-state index in [4.69, 9.17) is 13.3 Å². The van der Waals surface area contributed by atoms with Crippen LogP contribution in [-0.4, -0.2) is 4.57 Å². The summed E-state index contributed by atoms with van der Waals surface area (Å²) in [6.45, 7) is 14.8. The number of nitrogens with zero attached hydrogens (tertiary/aromatic N) is 2. The maximum absolute atomic E-state index is 7.38. The highest BCUT2D eigenvalue weighted by Crippen LogP contribution is 2.71. The van der Waals surface area contributed by atoms with Gasteiger partial charge in [-0.3, -0.25) is 0 Å². The van der Waals surface area contributed by atoms with E-state index in [0.29, 0.717) is 0 Å². The fraction of sp³-hybridized carbons (Fsp3) is 0.0924. The zero-order valence-corrected chi connectivity index (χ0v) is 69.1. The largest absolute Gasteiger partial charge is 0.456 e. The van der Waals surface area contributed by atoms with E-state index in [9.17, 15) is 0 Å². The van der Waals surface area contributed by atoms with Gasteiger partial charge in [0, 0.05) is 93.2 Å². The van der Waals surface area contributed by atoms with E-state index in [0.717, 1.165) is 105 Å². The maximum atomic E-state index is 7.38. The molecular weight excluding hydrogens is 1510 g/mol. The monoisotopic (exact) mass is 1580 g/mol. The average molecular weight is 1580 g/mol. The number of rotatable bonds is 5. The minimum atomic E-state index is -0.772. The van der Waals surface area contributed by atoms with E-state index >= 15 is 0 Å². The third-order valence-corrected chi connectivity index (χ3v) is 30.7. The second kappa shape index (κ2) is 23.0. The van der Waals surface area contributed by atoms with Crippen LogP contribution in [0.2, 0.25) is 0 Å². The van der Waals surface area contributed by atoms with Gasteiger partial charge in [0.15, 0.2) is 0 Å². The van der Waals surface area contributed by atoms with E-state index in [1.54, 1.807) is 0 Å². The molecule has 0 saturated carbocycles. The van der Waals surface area contributed by atoms with Gasteiger partial charge in [-0.05, 0) is 259 Å². The molecule has 0 fully saturated rings. The number of aromatic nitrogens is 1. The topological polar surface area (TPSA) is 47.6 Å². The molecule has 18 aromatic carbocycles. The number of benzene rings is 18. The molecule has 0 atom stereocenters. The standard InChI is InChI=1S/C119H76N2O3/c1-115(2)91-59-66(52-55-76(91)104-96(115)63-83(113-108(104)80-38-17-26-49-100(80)123-113)74-40-28-47-98-103(74)78-36-15-24-46-97(78)121(98)65-29-8-7-9-30-65)120(67-53-56-77-92(60-67)117(5,6)111-107(77)109-81-39-18-27-50-101(81)124-114(109)110-75-35-14-19-41-85(75)116(3,4)112(110)111)68-51-54-73-82-62-95-84(64-94(82)119(93(73)61-68)88-44-22-12-33-71(88)72-34-13-23-45-89(72)119)105-90(57-58-102-106(105)79-37-16-25-48-99(79)122-102)118(95)86-42-20-10-31-69(86)70-32-11-21-43-87(70)118/h7-64H,1-6H3. The molecule has 7 aliphatic carbocycles. The summed E-state index contributed by atoms with van der Waals surface area (Å²) in [5.74, 6) is 0. The molecule has 5 heteroatoms. The van der Waals surface area contributed by atoms with E-state index < -0.39 is 21.7 Å². The highest BCUT2D eigenvalue weighted by molar-refractivity contribution is 6.25. The van der Waals surface area contributed by atoms with Crippen LogP contribution in [0, 0.1) is 0 Å². The first-order chi connectivity index (χ1) is 60.8. The van der Waals surface area contributed by atoms with Crippen LogP contribution in [0.15, 0.2) is 365 Å². The molecule has 0 aliphatic heterocycles. The Labute approximate surface area is 715 Å². The lowest BCUT2D eigenvalue weighted by Crippen LogP contribution is -2.27. The van der Waals surface area contributed by atoms with Gasteiger partial charge in [-0.25, -0.2) is 0 Å². The molecule has 580 valence electrons. The zero-order chi connectivity index (χ0) is 81.7. The Kier molecular flexibility index (Phi) is 12.5.